The molecule has 104 valence electrons. The quantitative estimate of drug-likeness (QED) is 0.847. The largest absolute Gasteiger partial charge is 0.381 e. The van der Waals surface area contributed by atoms with Crippen molar-refractivity contribution in [2.75, 3.05) is 24.7 Å². The Bertz CT molecular complexity index is 434. The number of carbonyl (C=O) groups excluding carboxylic acids is 1. The molecule has 0 bridgehead atoms. The molecule has 1 aliphatic rings. The zero-order valence-corrected chi connectivity index (χ0v) is 11.5. The molecule has 19 heavy (non-hydrogen) atoms. The first-order valence-corrected chi connectivity index (χ1v) is 6.96. The molecule has 1 aromatic rings. The van der Waals surface area contributed by atoms with Crippen LogP contribution in [-0.4, -0.2) is 25.7 Å². The van der Waals surface area contributed by atoms with Gasteiger partial charge in [0.05, 0.1) is 13.0 Å². The highest BCUT2D eigenvalue weighted by molar-refractivity contribution is 5.94. The summed E-state index contributed by atoms with van der Waals surface area (Å²) in [6.45, 7) is 3.81. The molecule has 0 saturated heterocycles. The second-order valence-electron chi connectivity index (χ2n) is 4.80. The van der Waals surface area contributed by atoms with Gasteiger partial charge in [0.2, 0.25) is 5.91 Å². The van der Waals surface area contributed by atoms with Crippen molar-refractivity contribution in [3.05, 3.63) is 29.8 Å². The van der Waals surface area contributed by atoms with Gasteiger partial charge in [0.25, 0.3) is 0 Å². The number of rotatable bonds is 4. The molecule has 0 saturated carbocycles. The van der Waals surface area contributed by atoms with E-state index >= 15 is 0 Å². The van der Waals surface area contributed by atoms with Crippen LogP contribution in [-0.2, 0) is 9.53 Å². The molecule has 1 atom stereocenters. The smallest absolute Gasteiger partial charge is 0.229 e. The lowest BCUT2D eigenvalue weighted by Gasteiger charge is -2.23. The van der Waals surface area contributed by atoms with Crippen molar-refractivity contribution in [2.24, 2.45) is 5.73 Å². The van der Waals surface area contributed by atoms with Gasteiger partial charge in [0, 0.05) is 24.9 Å². The van der Waals surface area contributed by atoms with Crippen molar-refractivity contribution in [1.29, 1.82) is 0 Å². The number of benzene rings is 1. The molecule has 0 aliphatic carbocycles. The zero-order chi connectivity index (χ0) is 13.7. The van der Waals surface area contributed by atoms with Crippen molar-refractivity contribution in [2.45, 2.75) is 32.2 Å². The van der Waals surface area contributed by atoms with Gasteiger partial charge in [-0.25, -0.2) is 0 Å². The number of anilines is 1. The Morgan fingerprint density at radius 1 is 1.47 bits per heavy atom. The summed E-state index contributed by atoms with van der Waals surface area (Å²) in [5.74, 6) is 0.120. The van der Waals surface area contributed by atoms with Gasteiger partial charge in [0.15, 0.2) is 0 Å². The first kappa shape index (κ1) is 14.0. The summed E-state index contributed by atoms with van der Waals surface area (Å²) in [4.78, 5) is 14.2. The standard InChI is InChI=1S/C15H22N2O2/c1-2-19-11-9-15(18)17-10-5-7-13(16)12-6-3-4-8-14(12)17/h3-4,6,8,13H,2,5,7,9-11,16H2,1H3. The third-order valence-electron chi connectivity index (χ3n) is 3.49. The van der Waals surface area contributed by atoms with Crippen molar-refractivity contribution >= 4 is 11.6 Å². The second kappa shape index (κ2) is 6.68. The molecule has 1 heterocycles. The number of carbonyl (C=O) groups is 1. The van der Waals surface area contributed by atoms with Crippen molar-refractivity contribution in [3.63, 3.8) is 0 Å². The fourth-order valence-electron chi connectivity index (χ4n) is 2.49. The molecule has 0 spiro atoms. The van der Waals surface area contributed by atoms with Crippen LogP contribution < -0.4 is 10.6 Å². The number of amides is 1. The normalized spacial score (nSPS) is 18.8. The van der Waals surface area contributed by atoms with Crippen LogP contribution in [0.5, 0.6) is 0 Å². The summed E-state index contributed by atoms with van der Waals surface area (Å²) in [6.07, 6.45) is 2.29. The molecule has 2 rings (SSSR count). The number of hydrogen-bond donors (Lipinski definition) is 1. The molecular formula is C15H22N2O2. The number of hydrogen-bond acceptors (Lipinski definition) is 3. The Morgan fingerprint density at radius 3 is 3.05 bits per heavy atom. The second-order valence-corrected chi connectivity index (χ2v) is 4.80. The Labute approximate surface area is 114 Å². The van der Waals surface area contributed by atoms with E-state index in [9.17, 15) is 4.79 Å². The highest BCUT2D eigenvalue weighted by Crippen LogP contribution is 2.31. The monoisotopic (exact) mass is 262 g/mol. The first-order valence-electron chi connectivity index (χ1n) is 6.96. The zero-order valence-electron chi connectivity index (χ0n) is 11.5. The van der Waals surface area contributed by atoms with E-state index in [1.54, 1.807) is 0 Å². The van der Waals surface area contributed by atoms with Crippen molar-refractivity contribution in [3.8, 4) is 0 Å². The molecule has 1 aliphatic heterocycles. The number of nitrogens with zero attached hydrogens (tertiary/aromatic N) is 1. The van der Waals surface area contributed by atoms with Crippen LogP contribution in [0.3, 0.4) is 0 Å². The van der Waals surface area contributed by atoms with Gasteiger partial charge >= 0.3 is 0 Å². The highest BCUT2D eigenvalue weighted by atomic mass is 16.5. The molecule has 1 unspecified atom stereocenters. The maximum Gasteiger partial charge on any atom is 0.229 e. The molecule has 0 radical (unpaired) electrons. The molecule has 0 fully saturated rings. The van der Waals surface area contributed by atoms with Crippen molar-refractivity contribution < 1.29 is 9.53 Å². The van der Waals surface area contributed by atoms with Crippen LogP contribution in [0.2, 0.25) is 0 Å². The first-order chi connectivity index (χ1) is 9.24. The number of ether oxygens (including phenoxy) is 1. The molecule has 4 heteroatoms. The number of para-hydroxylation sites is 1. The van der Waals surface area contributed by atoms with E-state index in [0.717, 1.165) is 30.6 Å². The maximum atomic E-state index is 12.3. The Hall–Kier alpha value is -1.39. The lowest BCUT2D eigenvalue weighted by atomic mass is 10.0. The minimum absolute atomic E-state index is 0.0286. The molecule has 4 nitrogen and oxygen atoms in total. The summed E-state index contributed by atoms with van der Waals surface area (Å²) in [5, 5.41) is 0. The van der Waals surface area contributed by atoms with Crippen LogP contribution >= 0.6 is 0 Å². The minimum atomic E-state index is 0.0286. The van der Waals surface area contributed by atoms with Gasteiger partial charge in [-0.05, 0) is 31.4 Å². The average Bonchev–Trinajstić information content (AvgIpc) is 2.59. The third kappa shape index (κ3) is 3.33. The molecule has 0 aromatic heterocycles. The van der Waals surface area contributed by atoms with E-state index in [1.807, 2.05) is 36.1 Å². The van der Waals surface area contributed by atoms with E-state index in [1.165, 1.54) is 0 Å². The fourth-order valence-corrected chi connectivity index (χ4v) is 2.49. The Morgan fingerprint density at radius 2 is 2.26 bits per heavy atom. The van der Waals surface area contributed by atoms with Gasteiger partial charge < -0.3 is 15.4 Å². The SMILES string of the molecule is CCOCCC(=O)N1CCCC(N)c2ccccc21. The topological polar surface area (TPSA) is 55.6 Å². The minimum Gasteiger partial charge on any atom is -0.381 e. The summed E-state index contributed by atoms with van der Waals surface area (Å²) >= 11 is 0. The maximum absolute atomic E-state index is 12.3. The summed E-state index contributed by atoms with van der Waals surface area (Å²) < 4.78 is 5.26. The van der Waals surface area contributed by atoms with Crippen LogP contribution in [0.25, 0.3) is 0 Å². The Kier molecular flexibility index (Phi) is 4.93. The lowest BCUT2D eigenvalue weighted by Crippen LogP contribution is -2.32. The fraction of sp³-hybridized carbons (Fsp3) is 0.533. The predicted molar refractivity (Wildman–Crippen MR) is 76.1 cm³/mol. The van der Waals surface area contributed by atoms with E-state index in [-0.39, 0.29) is 11.9 Å². The van der Waals surface area contributed by atoms with Crippen LogP contribution in [0.4, 0.5) is 5.69 Å². The number of fused-ring (bicyclic) bond motifs is 1. The third-order valence-corrected chi connectivity index (χ3v) is 3.49. The van der Waals surface area contributed by atoms with Crippen LogP contribution in [0, 0.1) is 0 Å². The van der Waals surface area contributed by atoms with Gasteiger partial charge in [-0.1, -0.05) is 18.2 Å². The van der Waals surface area contributed by atoms with E-state index < -0.39 is 0 Å². The summed E-state index contributed by atoms with van der Waals surface area (Å²) in [5.41, 5.74) is 8.21. The van der Waals surface area contributed by atoms with Gasteiger partial charge in [-0.2, -0.15) is 0 Å². The highest BCUT2D eigenvalue weighted by Gasteiger charge is 2.23. The number of nitrogens with two attached hydrogens (primary N) is 1. The van der Waals surface area contributed by atoms with Gasteiger partial charge in [-0.15, -0.1) is 0 Å². The molecule has 1 amide bonds. The Balaban J connectivity index is 2.16. The molecule has 2 N–H and O–H groups in total. The van der Waals surface area contributed by atoms with E-state index in [4.69, 9.17) is 10.5 Å². The van der Waals surface area contributed by atoms with Gasteiger partial charge in [0.1, 0.15) is 0 Å². The lowest BCUT2D eigenvalue weighted by molar-refractivity contribution is -0.119. The summed E-state index contributed by atoms with van der Waals surface area (Å²) in [6, 6.07) is 7.97. The van der Waals surface area contributed by atoms with Crippen molar-refractivity contribution in [1.82, 2.24) is 0 Å². The predicted octanol–water partition coefficient (Wildman–Crippen LogP) is 2.24. The van der Waals surface area contributed by atoms with Crippen LogP contribution in [0.15, 0.2) is 24.3 Å². The van der Waals surface area contributed by atoms with E-state index in [0.29, 0.717) is 19.6 Å². The van der Waals surface area contributed by atoms with Gasteiger partial charge in [-0.3, -0.25) is 4.79 Å². The molecule has 1 aromatic carbocycles. The molecular weight excluding hydrogens is 240 g/mol. The van der Waals surface area contributed by atoms with E-state index in [2.05, 4.69) is 0 Å². The summed E-state index contributed by atoms with van der Waals surface area (Å²) in [7, 11) is 0. The average molecular weight is 262 g/mol. The van der Waals surface area contributed by atoms with Crippen LogP contribution in [0.1, 0.15) is 37.8 Å².